The molecule has 116 valence electrons. The van der Waals surface area contributed by atoms with Gasteiger partial charge in [0, 0.05) is 6.04 Å². The molecule has 0 amide bonds. The van der Waals surface area contributed by atoms with Crippen molar-refractivity contribution in [1.82, 2.24) is 4.72 Å². The Hall–Kier alpha value is -1.47. The number of carbonyl (C=O) groups is 1. The Morgan fingerprint density at radius 2 is 1.86 bits per heavy atom. The Balaban J connectivity index is 2.00. The van der Waals surface area contributed by atoms with E-state index < -0.39 is 15.8 Å². The van der Waals surface area contributed by atoms with Crippen LogP contribution in [0.3, 0.4) is 0 Å². The van der Waals surface area contributed by atoms with Crippen LogP contribution in [0.15, 0.2) is 29.2 Å². The third-order valence-electron chi connectivity index (χ3n) is 3.71. The summed E-state index contributed by atoms with van der Waals surface area (Å²) in [4.78, 5) is 11.1. The predicted molar refractivity (Wildman–Crippen MR) is 74.5 cm³/mol. The number of halogens is 1. The molecule has 0 saturated heterocycles. The summed E-state index contributed by atoms with van der Waals surface area (Å²) in [7, 11) is -2.53. The standard InChI is InChI=1S/C14H18FNO4S/c1-20-14(17)10-6-8-11(9-7-10)16-21(18,19)13-5-3-2-4-12(13)15/h2-5,10-11,16H,6-9H2,1H3. The lowest BCUT2D eigenvalue weighted by molar-refractivity contribution is -0.146. The molecule has 0 radical (unpaired) electrons. The molecule has 0 heterocycles. The summed E-state index contributed by atoms with van der Waals surface area (Å²) in [5.41, 5.74) is 0. The average molecular weight is 315 g/mol. The molecule has 0 unspecified atom stereocenters. The van der Waals surface area contributed by atoms with Crippen LogP contribution < -0.4 is 4.72 Å². The fourth-order valence-corrected chi connectivity index (χ4v) is 3.94. The maximum absolute atomic E-state index is 13.6. The monoisotopic (exact) mass is 315 g/mol. The van der Waals surface area contributed by atoms with Gasteiger partial charge in [-0.1, -0.05) is 12.1 Å². The molecule has 1 fully saturated rings. The number of nitrogens with one attached hydrogen (secondary N) is 1. The van der Waals surface area contributed by atoms with Crippen LogP contribution in [0, 0.1) is 11.7 Å². The Kier molecular flexibility index (Phi) is 4.95. The van der Waals surface area contributed by atoms with Crippen LogP contribution >= 0.6 is 0 Å². The molecule has 0 aromatic heterocycles. The number of ether oxygens (including phenoxy) is 1. The zero-order chi connectivity index (χ0) is 15.5. The highest BCUT2D eigenvalue weighted by molar-refractivity contribution is 7.89. The Labute approximate surface area is 123 Å². The van der Waals surface area contributed by atoms with E-state index in [9.17, 15) is 17.6 Å². The van der Waals surface area contributed by atoms with Crippen molar-refractivity contribution < 1.29 is 22.3 Å². The van der Waals surface area contributed by atoms with E-state index >= 15 is 0 Å². The second kappa shape index (κ2) is 6.53. The van der Waals surface area contributed by atoms with Crippen molar-refractivity contribution in [3.05, 3.63) is 30.1 Å². The molecule has 1 aliphatic rings. The number of hydrogen-bond donors (Lipinski definition) is 1. The molecule has 7 heteroatoms. The highest BCUT2D eigenvalue weighted by atomic mass is 32.2. The second-order valence-corrected chi connectivity index (χ2v) is 6.81. The topological polar surface area (TPSA) is 72.5 Å². The molecule has 1 aliphatic carbocycles. The fourth-order valence-electron chi connectivity index (χ4n) is 2.56. The van der Waals surface area contributed by atoms with Gasteiger partial charge in [-0.15, -0.1) is 0 Å². The Morgan fingerprint density at radius 1 is 1.24 bits per heavy atom. The van der Waals surface area contributed by atoms with Gasteiger partial charge in [0.25, 0.3) is 0 Å². The molecule has 0 aliphatic heterocycles. The van der Waals surface area contributed by atoms with Gasteiger partial charge in [-0.05, 0) is 37.8 Å². The molecule has 5 nitrogen and oxygen atoms in total. The van der Waals surface area contributed by atoms with Crippen LogP contribution in [0.4, 0.5) is 4.39 Å². The normalized spacial score (nSPS) is 22.8. The minimum Gasteiger partial charge on any atom is -0.469 e. The zero-order valence-electron chi connectivity index (χ0n) is 11.7. The van der Waals surface area contributed by atoms with E-state index in [-0.39, 0.29) is 22.8 Å². The smallest absolute Gasteiger partial charge is 0.308 e. The van der Waals surface area contributed by atoms with Crippen LogP contribution in [0.5, 0.6) is 0 Å². The number of hydrogen-bond acceptors (Lipinski definition) is 4. The molecule has 1 saturated carbocycles. The number of esters is 1. The van der Waals surface area contributed by atoms with Crippen molar-refractivity contribution in [1.29, 1.82) is 0 Å². The van der Waals surface area contributed by atoms with Crippen molar-refractivity contribution in [3.63, 3.8) is 0 Å². The minimum absolute atomic E-state index is 0.177. The summed E-state index contributed by atoms with van der Waals surface area (Å²) >= 11 is 0. The fraction of sp³-hybridized carbons (Fsp3) is 0.500. The molecule has 1 aromatic carbocycles. The van der Waals surface area contributed by atoms with E-state index in [0.29, 0.717) is 25.7 Å². The molecular formula is C14H18FNO4S. The molecule has 0 atom stereocenters. The van der Waals surface area contributed by atoms with Crippen molar-refractivity contribution in [2.75, 3.05) is 7.11 Å². The maximum atomic E-state index is 13.6. The number of benzene rings is 1. The van der Waals surface area contributed by atoms with Crippen LogP contribution in [0.2, 0.25) is 0 Å². The van der Waals surface area contributed by atoms with E-state index in [1.807, 2.05) is 0 Å². The lowest BCUT2D eigenvalue weighted by Crippen LogP contribution is -2.39. The van der Waals surface area contributed by atoms with Gasteiger partial charge in [0.15, 0.2) is 0 Å². The first-order chi connectivity index (χ1) is 9.94. The van der Waals surface area contributed by atoms with Gasteiger partial charge in [0.05, 0.1) is 13.0 Å². The van der Waals surface area contributed by atoms with Gasteiger partial charge < -0.3 is 4.74 Å². The lowest BCUT2D eigenvalue weighted by Gasteiger charge is -2.27. The summed E-state index contributed by atoms with van der Waals surface area (Å²) < 4.78 is 45.1. The number of rotatable bonds is 4. The van der Waals surface area contributed by atoms with Crippen LogP contribution in [-0.4, -0.2) is 27.5 Å². The first-order valence-electron chi connectivity index (χ1n) is 6.78. The Morgan fingerprint density at radius 3 is 2.43 bits per heavy atom. The van der Waals surface area contributed by atoms with E-state index in [1.165, 1.54) is 25.3 Å². The SMILES string of the molecule is COC(=O)C1CCC(NS(=O)(=O)c2ccccc2F)CC1. The van der Waals surface area contributed by atoms with Crippen LogP contribution in [-0.2, 0) is 19.6 Å². The average Bonchev–Trinajstić information content (AvgIpc) is 2.47. The van der Waals surface area contributed by atoms with E-state index in [2.05, 4.69) is 9.46 Å². The van der Waals surface area contributed by atoms with Gasteiger partial charge in [0.2, 0.25) is 10.0 Å². The first kappa shape index (κ1) is 15.9. The summed E-state index contributed by atoms with van der Waals surface area (Å²) in [6.07, 6.45) is 2.20. The van der Waals surface area contributed by atoms with Crippen molar-refractivity contribution >= 4 is 16.0 Å². The first-order valence-corrected chi connectivity index (χ1v) is 8.27. The summed E-state index contributed by atoms with van der Waals surface area (Å²) in [6.45, 7) is 0. The third kappa shape index (κ3) is 3.79. The van der Waals surface area contributed by atoms with E-state index in [0.717, 1.165) is 6.07 Å². The number of methoxy groups -OCH3 is 1. The van der Waals surface area contributed by atoms with E-state index in [4.69, 9.17) is 0 Å². The molecular weight excluding hydrogens is 297 g/mol. The molecule has 21 heavy (non-hydrogen) atoms. The van der Waals surface area contributed by atoms with Gasteiger partial charge >= 0.3 is 5.97 Å². The molecule has 1 N–H and O–H groups in total. The molecule has 0 spiro atoms. The Bertz CT molecular complexity index is 609. The quantitative estimate of drug-likeness (QED) is 0.861. The second-order valence-electron chi connectivity index (χ2n) is 5.12. The summed E-state index contributed by atoms with van der Waals surface area (Å²) in [5.74, 6) is -1.21. The lowest BCUT2D eigenvalue weighted by atomic mass is 9.86. The zero-order valence-corrected chi connectivity index (χ0v) is 12.5. The van der Waals surface area contributed by atoms with Gasteiger partial charge in [-0.3, -0.25) is 4.79 Å². The van der Waals surface area contributed by atoms with Crippen LogP contribution in [0.25, 0.3) is 0 Å². The van der Waals surface area contributed by atoms with Gasteiger partial charge in [-0.25, -0.2) is 17.5 Å². The van der Waals surface area contributed by atoms with Gasteiger partial charge in [-0.2, -0.15) is 0 Å². The predicted octanol–water partition coefficient (Wildman–Crippen LogP) is 1.84. The molecule has 2 rings (SSSR count). The maximum Gasteiger partial charge on any atom is 0.308 e. The largest absolute Gasteiger partial charge is 0.469 e. The van der Waals surface area contributed by atoms with Gasteiger partial charge in [0.1, 0.15) is 10.7 Å². The minimum atomic E-state index is -3.88. The summed E-state index contributed by atoms with van der Waals surface area (Å²) in [6, 6.07) is 4.98. The van der Waals surface area contributed by atoms with Crippen LogP contribution in [0.1, 0.15) is 25.7 Å². The van der Waals surface area contributed by atoms with Crippen molar-refractivity contribution in [3.8, 4) is 0 Å². The summed E-state index contributed by atoms with van der Waals surface area (Å²) in [5, 5.41) is 0. The number of carbonyl (C=O) groups excluding carboxylic acids is 1. The van der Waals surface area contributed by atoms with Crippen molar-refractivity contribution in [2.24, 2.45) is 5.92 Å². The highest BCUT2D eigenvalue weighted by Crippen LogP contribution is 2.26. The highest BCUT2D eigenvalue weighted by Gasteiger charge is 2.30. The van der Waals surface area contributed by atoms with E-state index in [1.54, 1.807) is 0 Å². The number of sulfonamides is 1. The van der Waals surface area contributed by atoms with Crippen molar-refractivity contribution in [2.45, 2.75) is 36.6 Å². The molecule has 1 aromatic rings. The molecule has 0 bridgehead atoms. The third-order valence-corrected chi connectivity index (χ3v) is 5.26.